The molecule has 2 unspecified atom stereocenters. The fourth-order valence-corrected chi connectivity index (χ4v) is 1.58. The summed E-state index contributed by atoms with van der Waals surface area (Å²) in [7, 11) is 2.05. The van der Waals surface area contributed by atoms with Gasteiger partial charge >= 0.3 is 0 Å². The van der Waals surface area contributed by atoms with E-state index in [1.54, 1.807) is 0 Å². The third-order valence-electron chi connectivity index (χ3n) is 2.68. The van der Waals surface area contributed by atoms with Crippen LogP contribution in [-0.4, -0.2) is 41.6 Å². The van der Waals surface area contributed by atoms with E-state index in [2.05, 4.69) is 18.9 Å². The summed E-state index contributed by atoms with van der Waals surface area (Å²) >= 11 is 5.52. The van der Waals surface area contributed by atoms with Crippen LogP contribution in [-0.2, 0) is 0 Å². The first-order valence-electron chi connectivity index (χ1n) is 4.59. The Kier molecular flexibility index (Phi) is 3.81. The van der Waals surface area contributed by atoms with Crippen molar-refractivity contribution in [2.24, 2.45) is 5.92 Å². The van der Waals surface area contributed by atoms with Crippen LogP contribution in [0.3, 0.4) is 0 Å². The minimum Gasteiger partial charge on any atom is -0.391 e. The lowest BCUT2D eigenvalue weighted by molar-refractivity contribution is 0.117. The highest BCUT2D eigenvalue weighted by molar-refractivity contribution is 6.18. The Bertz CT molecular complexity index is 138. The molecule has 0 aromatic carbocycles. The predicted molar refractivity (Wildman–Crippen MR) is 51.5 cm³/mol. The van der Waals surface area contributed by atoms with Crippen molar-refractivity contribution >= 4 is 11.6 Å². The molecular weight excluding hydrogens is 174 g/mol. The fourth-order valence-electron chi connectivity index (χ4n) is 1.49. The van der Waals surface area contributed by atoms with Crippen LogP contribution in [0.5, 0.6) is 0 Å². The normalized spacial score (nSPS) is 22.8. The van der Waals surface area contributed by atoms with Gasteiger partial charge in [-0.15, -0.1) is 11.6 Å². The maximum absolute atomic E-state index is 9.31. The Morgan fingerprint density at radius 2 is 2.17 bits per heavy atom. The summed E-state index contributed by atoms with van der Waals surface area (Å²) in [5.74, 6) is 1.19. The molecule has 12 heavy (non-hydrogen) atoms. The summed E-state index contributed by atoms with van der Waals surface area (Å²) in [5, 5.41) is 9.31. The predicted octanol–water partition coefficient (Wildman–Crippen LogP) is 1.32. The van der Waals surface area contributed by atoms with Gasteiger partial charge in [-0.3, -0.25) is 0 Å². The molecule has 2 nitrogen and oxygen atoms in total. The zero-order valence-corrected chi connectivity index (χ0v) is 8.59. The number of alkyl halides is 1. The van der Waals surface area contributed by atoms with Gasteiger partial charge in [-0.2, -0.15) is 0 Å². The highest BCUT2D eigenvalue weighted by Crippen LogP contribution is 2.34. The Morgan fingerprint density at radius 1 is 1.58 bits per heavy atom. The van der Waals surface area contributed by atoms with Crippen LogP contribution in [0.1, 0.15) is 19.8 Å². The third-order valence-corrected chi connectivity index (χ3v) is 3.03. The van der Waals surface area contributed by atoms with Gasteiger partial charge in [0.1, 0.15) is 0 Å². The van der Waals surface area contributed by atoms with Crippen LogP contribution in [0.25, 0.3) is 0 Å². The van der Waals surface area contributed by atoms with Gasteiger partial charge in [0.05, 0.1) is 6.10 Å². The van der Waals surface area contributed by atoms with Crippen LogP contribution in [0, 0.1) is 5.92 Å². The number of halogens is 1. The first-order valence-corrected chi connectivity index (χ1v) is 5.13. The van der Waals surface area contributed by atoms with E-state index in [9.17, 15) is 5.11 Å². The zero-order valence-electron chi connectivity index (χ0n) is 7.83. The highest BCUT2D eigenvalue weighted by Gasteiger charge is 2.30. The number of aliphatic hydroxyl groups is 1. The molecule has 0 aromatic heterocycles. The van der Waals surface area contributed by atoms with Gasteiger partial charge < -0.3 is 10.0 Å². The Morgan fingerprint density at radius 3 is 2.58 bits per heavy atom. The van der Waals surface area contributed by atoms with Crippen molar-refractivity contribution in [2.75, 3.05) is 19.5 Å². The van der Waals surface area contributed by atoms with Gasteiger partial charge in [0, 0.05) is 18.5 Å². The van der Waals surface area contributed by atoms with Gasteiger partial charge in [-0.1, -0.05) is 0 Å². The van der Waals surface area contributed by atoms with E-state index >= 15 is 0 Å². The first-order chi connectivity index (χ1) is 5.65. The van der Waals surface area contributed by atoms with Gasteiger partial charge in [0.15, 0.2) is 0 Å². The summed E-state index contributed by atoms with van der Waals surface area (Å²) in [5.41, 5.74) is 0. The largest absolute Gasteiger partial charge is 0.391 e. The fraction of sp³-hybridized carbons (Fsp3) is 1.00. The quantitative estimate of drug-likeness (QED) is 0.663. The summed E-state index contributed by atoms with van der Waals surface area (Å²) in [6, 6.07) is 0.600. The van der Waals surface area contributed by atoms with E-state index in [1.807, 2.05) is 0 Å². The molecule has 0 spiro atoms. The zero-order chi connectivity index (χ0) is 9.14. The highest BCUT2D eigenvalue weighted by atomic mass is 35.5. The molecule has 1 aliphatic rings. The minimum atomic E-state index is -0.377. The molecule has 0 amide bonds. The SMILES string of the molecule is CC(C1CC1)N(C)CC(O)CCl. The summed E-state index contributed by atoms with van der Waals surface area (Å²) in [6.45, 7) is 2.92. The van der Waals surface area contributed by atoms with Crippen molar-refractivity contribution in [2.45, 2.75) is 31.9 Å². The Balaban J connectivity index is 2.21. The molecule has 1 fully saturated rings. The van der Waals surface area contributed by atoms with Gasteiger partial charge in [0.25, 0.3) is 0 Å². The van der Waals surface area contributed by atoms with Gasteiger partial charge in [-0.05, 0) is 32.7 Å². The van der Waals surface area contributed by atoms with E-state index in [0.717, 1.165) is 5.92 Å². The minimum absolute atomic E-state index is 0.335. The van der Waals surface area contributed by atoms with Crippen molar-refractivity contribution in [1.29, 1.82) is 0 Å². The van der Waals surface area contributed by atoms with Crippen molar-refractivity contribution in [3.05, 3.63) is 0 Å². The van der Waals surface area contributed by atoms with Crippen LogP contribution < -0.4 is 0 Å². The molecule has 0 saturated heterocycles. The first kappa shape index (κ1) is 10.3. The molecular formula is C9H18ClNO. The van der Waals surface area contributed by atoms with Crippen molar-refractivity contribution < 1.29 is 5.11 Å². The lowest BCUT2D eigenvalue weighted by Gasteiger charge is -2.26. The molecule has 72 valence electrons. The smallest absolute Gasteiger partial charge is 0.0802 e. The molecule has 0 heterocycles. The second kappa shape index (κ2) is 4.45. The van der Waals surface area contributed by atoms with E-state index in [4.69, 9.17) is 11.6 Å². The molecule has 1 saturated carbocycles. The Hall–Kier alpha value is 0.210. The molecule has 1 N–H and O–H groups in total. The van der Waals surface area contributed by atoms with E-state index in [1.165, 1.54) is 12.8 Å². The average Bonchev–Trinajstić information content (AvgIpc) is 2.85. The second-order valence-electron chi connectivity index (χ2n) is 3.83. The molecule has 2 atom stereocenters. The maximum atomic E-state index is 9.31. The number of likely N-dealkylation sites (N-methyl/N-ethyl adjacent to an activating group) is 1. The van der Waals surface area contributed by atoms with Crippen molar-refractivity contribution in [3.8, 4) is 0 Å². The van der Waals surface area contributed by atoms with Crippen LogP contribution in [0.2, 0.25) is 0 Å². The van der Waals surface area contributed by atoms with E-state index < -0.39 is 0 Å². The van der Waals surface area contributed by atoms with Crippen LogP contribution in [0.15, 0.2) is 0 Å². The molecule has 0 aliphatic heterocycles. The second-order valence-corrected chi connectivity index (χ2v) is 4.13. The van der Waals surface area contributed by atoms with Gasteiger partial charge in [0.2, 0.25) is 0 Å². The monoisotopic (exact) mass is 191 g/mol. The topological polar surface area (TPSA) is 23.5 Å². The van der Waals surface area contributed by atoms with Crippen molar-refractivity contribution in [1.82, 2.24) is 4.90 Å². The molecule has 0 aromatic rings. The molecule has 3 heteroatoms. The Labute approximate surface area is 79.5 Å². The van der Waals surface area contributed by atoms with E-state index in [0.29, 0.717) is 18.5 Å². The molecule has 0 radical (unpaired) electrons. The number of nitrogens with zero attached hydrogens (tertiary/aromatic N) is 1. The molecule has 1 aliphatic carbocycles. The van der Waals surface area contributed by atoms with Crippen LogP contribution in [0.4, 0.5) is 0 Å². The standard InChI is InChI=1S/C9H18ClNO/c1-7(8-3-4-8)11(2)6-9(12)5-10/h7-9,12H,3-6H2,1-2H3. The van der Waals surface area contributed by atoms with Gasteiger partial charge in [-0.25, -0.2) is 0 Å². The lowest BCUT2D eigenvalue weighted by Crippen LogP contribution is -2.37. The van der Waals surface area contributed by atoms with E-state index in [-0.39, 0.29) is 6.10 Å². The van der Waals surface area contributed by atoms with Crippen molar-refractivity contribution in [3.63, 3.8) is 0 Å². The number of hydrogen-bond acceptors (Lipinski definition) is 2. The maximum Gasteiger partial charge on any atom is 0.0802 e. The number of rotatable bonds is 5. The third kappa shape index (κ3) is 2.92. The summed E-state index contributed by atoms with van der Waals surface area (Å²) < 4.78 is 0. The summed E-state index contributed by atoms with van der Waals surface area (Å²) in [6.07, 6.45) is 2.32. The number of hydrogen-bond donors (Lipinski definition) is 1. The number of aliphatic hydroxyl groups excluding tert-OH is 1. The molecule has 1 rings (SSSR count). The van der Waals surface area contributed by atoms with Crippen LogP contribution >= 0.6 is 11.6 Å². The molecule has 0 bridgehead atoms. The summed E-state index contributed by atoms with van der Waals surface area (Å²) in [4.78, 5) is 2.20. The average molecular weight is 192 g/mol. The lowest BCUT2D eigenvalue weighted by atomic mass is 10.2.